The second-order valence-corrected chi connectivity index (χ2v) is 6.39. The predicted octanol–water partition coefficient (Wildman–Crippen LogP) is -2.15. The van der Waals surface area contributed by atoms with Crippen LogP contribution in [0.5, 0.6) is 0 Å². The van der Waals surface area contributed by atoms with E-state index in [1.54, 1.807) is 5.32 Å². The number of carbonyl (C=O) groups excluding carboxylic acids is 2. The van der Waals surface area contributed by atoms with Crippen molar-refractivity contribution in [1.29, 1.82) is 0 Å². The molecule has 6 heteroatoms. The molecule has 1 atom stereocenters. The Morgan fingerprint density at radius 2 is 1.83 bits per heavy atom. The van der Waals surface area contributed by atoms with Gasteiger partial charge < -0.3 is 25.4 Å². The van der Waals surface area contributed by atoms with Gasteiger partial charge in [-0.05, 0) is 37.1 Å². The summed E-state index contributed by atoms with van der Waals surface area (Å²) < 4.78 is 0. The fourth-order valence-corrected chi connectivity index (χ4v) is 2.50. The summed E-state index contributed by atoms with van der Waals surface area (Å²) in [5, 5.41) is 15.6. The Bertz CT molecular complexity index is 524. The summed E-state index contributed by atoms with van der Waals surface area (Å²) in [6.45, 7) is 5.53. The Kier molecular flexibility index (Phi) is 7.71. The number of carbonyl (C=O) groups is 2. The lowest BCUT2D eigenvalue weighted by Gasteiger charge is -2.17. The van der Waals surface area contributed by atoms with Crippen LogP contribution in [0.15, 0.2) is 18.2 Å². The second-order valence-electron chi connectivity index (χ2n) is 6.39. The smallest absolute Gasteiger partial charge is 0.230 e. The number of quaternary nitrogens is 2. The zero-order valence-corrected chi connectivity index (χ0v) is 14.4. The number of hydrogen-bond donors (Lipinski definition) is 3. The van der Waals surface area contributed by atoms with Gasteiger partial charge in [0.05, 0.1) is 39.6 Å². The monoisotopic (exact) mass is 322 g/mol. The van der Waals surface area contributed by atoms with Crippen LogP contribution >= 0.6 is 0 Å². The molecule has 0 radical (unpaired) electrons. The van der Waals surface area contributed by atoms with Crippen LogP contribution in [0.3, 0.4) is 0 Å². The molecule has 0 aromatic heterocycles. The molecule has 0 heterocycles. The summed E-state index contributed by atoms with van der Waals surface area (Å²) in [6, 6.07) is 4.89. The summed E-state index contributed by atoms with van der Waals surface area (Å²) in [5.41, 5.74) is 2.80. The van der Waals surface area contributed by atoms with Crippen molar-refractivity contribution in [2.24, 2.45) is 0 Å². The van der Waals surface area contributed by atoms with Crippen molar-refractivity contribution in [3.63, 3.8) is 0 Å². The van der Waals surface area contributed by atoms with E-state index in [0.717, 1.165) is 24.1 Å². The number of nitrogens with one attached hydrogen (secondary N) is 2. The Balaban J connectivity index is 2.52. The number of nitrogens with two attached hydrogens (primary N) is 1. The number of amides is 1. The minimum absolute atomic E-state index is 0.0931. The molecule has 1 aromatic carbocycles. The predicted molar refractivity (Wildman–Crippen MR) is 87.0 cm³/mol. The Hall–Kier alpha value is -1.92. The van der Waals surface area contributed by atoms with Gasteiger partial charge >= 0.3 is 0 Å². The molecule has 0 aliphatic rings. The fourth-order valence-electron chi connectivity index (χ4n) is 2.50. The molecule has 0 bridgehead atoms. The average molecular weight is 322 g/mol. The first-order valence-corrected chi connectivity index (χ1v) is 7.99. The lowest BCUT2D eigenvalue weighted by molar-refractivity contribution is -0.860. The van der Waals surface area contributed by atoms with E-state index < -0.39 is 12.0 Å². The van der Waals surface area contributed by atoms with E-state index in [-0.39, 0.29) is 12.3 Å². The molecule has 0 aliphatic heterocycles. The van der Waals surface area contributed by atoms with Gasteiger partial charge in [-0.3, -0.25) is 4.79 Å². The quantitative estimate of drug-likeness (QED) is 0.453. The SMILES string of the molecule is Cc1cc(C)cc(NC(=O)C[C@@H]([NH2+]CCC[NH+](C)C)C(=O)[O-])c1. The van der Waals surface area contributed by atoms with Crippen LogP contribution in [0.4, 0.5) is 5.69 Å². The third-order valence-electron chi connectivity index (χ3n) is 3.55. The van der Waals surface area contributed by atoms with E-state index in [4.69, 9.17) is 0 Å². The molecule has 128 valence electrons. The first-order valence-electron chi connectivity index (χ1n) is 7.99. The first-order chi connectivity index (χ1) is 10.8. The van der Waals surface area contributed by atoms with Crippen LogP contribution in [-0.2, 0) is 9.59 Å². The van der Waals surface area contributed by atoms with Crippen molar-refractivity contribution >= 4 is 17.6 Å². The molecule has 6 nitrogen and oxygen atoms in total. The first kappa shape index (κ1) is 19.1. The minimum atomic E-state index is -1.20. The molecule has 0 fully saturated rings. The Morgan fingerprint density at radius 1 is 1.22 bits per heavy atom. The van der Waals surface area contributed by atoms with E-state index in [0.29, 0.717) is 12.2 Å². The molecular weight excluding hydrogens is 294 g/mol. The van der Waals surface area contributed by atoms with Crippen LogP contribution in [0, 0.1) is 13.8 Å². The van der Waals surface area contributed by atoms with E-state index in [1.165, 1.54) is 4.90 Å². The summed E-state index contributed by atoms with van der Waals surface area (Å²) in [5.74, 6) is -1.50. The largest absolute Gasteiger partial charge is 0.544 e. The summed E-state index contributed by atoms with van der Waals surface area (Å²) in [7, 11) is 4.10. The number of rotatable bonds is 9. The highest BCUT2D eigenvalue weighted by Crippen LogP contribution is 2.13. The average Bonchev–Trinajstić information content (AvgIpc) is 2.40. The minimum Gasteiger partial charge on any atom is -0.544 e. The molecule has 0 saturated heterocycles. The number of benzene rings is 1. The number of carboxylic acids is 1. The zero-order valence-electron chi connectivity index (χ0n) is 14.4. The number of aryl methyl sites for hydroxylation is 2. The van der Waals surface area contributed by atoms with Gasteiger partial charge in [-0.25, -0.2) is 0 Å². The summed E-state index contributed by atoms with van der Waals surface area (Å²) in [4.78, 5) is 24.6. The van der Waals surface area contributed by atoms with E-state index in [2.05, 4.69) is 5.32 Å². The second kappa shape index (κ2) is 9.27. The summed E-state index contributed by atoms with van der Waals surface area (Å²) in [6.07, 6.45) is 0.801. The van der Waals surface area contributed by atoms with Crippen molar-refractivity contribution in [2.45, 2.75) is 32.7 Å². The lowest BCUT2D eigenvalue weighted by Crippen LogP contribution is -3.06. The van der Waals surface area contributed by atoms with Gasteiger partial charge in [-0.1, -0.05) is 6.07 Å². The molecule has 1 aromatic rings. The molecule has 0 unspecified atom stereocenters. The molecule has 23 heavy (non-hydrogen) atoms. The third-order valence-corrected chi connectivity index (χ3v) is 3.55. The van der Waals surface area contributed by atoms with E-state index in [9.17, 15) is 14.7 Å². The number of carboxylic acid groups (broad SMARTS) is 1. The van der Waals surface area contributed by atoms with E-state index in [1.807, 2.05) is 46.1 Å². The molecule has 0 spiro atoms. The topological polar surface area (TPSA) is 90.3 Å². The highest BCUT2D eigenvalue weighted by atomic mass is 16.4. The van der Waals surface area contributed by atoms with Crippen LogP contribution in [0.25, 0.3) is 0 Å². The maximum absolute atomic E-state index is 12.1. The highest BCUT2D eigenvalue weighted by Gasteiger charge is 2.18. The Morgan fingerprint density at radius 3 is 2.35 bits per heavy atom. The van der Waals surface area contributed by atoms with Crippen molar-refractivity contribution in [3.8, 4) is 0 Å². The van der Waals surface area contributed by atoms with E-state index >= 15 is 0 Å². The molecule has 0 saturated carbocycles. The van der Waals surface area contributed by atoms with Crippen molar-refractivity contribution in [3.05, 3.63) is 29.3 Å². The maximum atomic E-state index is 12.1. The maximum Gasteiger partial charge on any atom is 0.230 e. The van der Waals surface area contributed by atoms with Crippen LogP contribution < -0.4 is 20.6 Å². The number of hydrogen-bond acceptors (Lipinski definition) is 3. The van der Waals surface area contributed by atoms with Gasteiger partial charge in [0.15, 0.2) is 0 Å². The van der Waals surface area contributed by atoms with Gasteiger partial charge in [-0.15, -0.1) is 0 Å². The van der Waals surface area contributed by atoms with Gasteiger partial charge in [-0.2, -0.15) is 0 Å². The third kappa shape index (κ3) is 7.76. The molecule has 1 amide bonds. The van der Waals surface area contributed by atoms with Gasteiger partial charge in [0.1, 0.15) is 6.04 Å². The van der Waals surface area contributed by atoms with Crippen molar-refractivity contribution in [2.75, 3.05) is 32.5 Å². The zero-order chi connectivity index (χ0) is 17.4. The van der Waals surface area contributed by atoms with Crippen LogP contribution in [0.2, 0.25) is 0 Å². The van der Waals surface area contributed by atoms with Crippen molar-refractivity contribution in [1.82, 2.24) is 0 Å². The number of anilines is 1. The lowest BCUT2D eigenvalue weighted by atomic mass is 10.1. The van der Waals surface area contributed by atoms with Crippen LogP contribution in [-0.4, -0.2) is 45.1 Å². The van der Waals surface area contributed by atoms with Gasteiger partial charge in [0.25, 0.3) is 0 Å². The molecule has 0 aliphatic carbocycles. The fraction of sp³-hybridized carbons (Fsp3) is 0.529. The Labute approximate surface area is 137 Å². The molecular formula is C17H28N3O3+. The van der Waals surface area contributed by atoms with Gasteiger partial charge in [0, 0.05) is 12.1 Å². The molecule has 4 N–H and O–H groups in total. The standard InChI is InChI=1S/C17H27N3O3/c1-12-8-13(2)10-14(9-12)19-16(21)11-15(17(22)23)18-6-5-7-20(3)4/h8-10,15,18H,5-7,11H2,1-4H3,(H,19,21)(H,22,23)/p+1/t15-/m1/s1. The highest BCUT2D eigenvalue weighted by molar-refractivity contribution is 5.93. The van der Waals surface area contributed by atoms with Crippen LogP contribution in [0.1, 0.15) is 24.0 Å². The summed E-state index contributed by atoms with van der Waals surface area (Å²) >= 11 is 0. The van der Waals surface area contributed by atoms with Gasteiger partial charge in [0.2, 0.25) is 5.91 Å². The molecule has 1 rings (SSSR count). The number of aliphatic carboxylic acids is 1. The van der Waals surface area contributed by atoms with Crippen molar-refractivity contribution < 1.29 is 24.9 Å². The normalized spacial score (nSPS) is 12.2.